The van der Waals surface area contributed by atoms with Crippen LogP contribution in [0, 0.1) is 0 Å². The van der Waals surface area contributed by atoms with E-state index in [1.807, 2.05) is 25.7 Å². The summed E-state index contributed by atoms with van der Waals surface area (Å²) < 4.78 is 0. The summed E-state index contributed by atoms with van der Waals surface area (Å²) in [6, 6.07) is 0.530. The SMILES string of the molecule is CCN(CC)C(=O)C(C)N(C)C1CCCNCC1. The summed E-state index contributed by atoms with van der Waals surface area (Å²) >= 11 is 0. The first-order valence-electron chi connectivity index (χ1n) is 7.33. The van der Waals surface area contributed by atoms with Crippen molar-refractivity contribution < 1.29 is 4.79 Å². The third-order valence-electron chi connectivity index (χ3n) is 4.16. The van der Waals surface area contributed by atoms with Gasteiger partial charge in [-0.3, -0.25) is 9.69 Å². The monoisotopic (exact) mass is 255 g/mol. The highest BCUT2D eigenvalue weighted by atomic mass is 16.2. The molecule has 0 aromatic carbocycles. The maximum absolute atomic E-state index is 12.3. The van der Waals surface area contributed by atoms with Crippen molar-refractivity contribution in [2.45, 2.75) is 52.1 Å². The second-order valence-corrected chi connectivity index (χ2v) is 5.19. The van der Waals surface area contributed by atoms with E-state index >= 15 is 0 Å². The Labute approximate surface area is 112 Å². The van der Waals surface area contributed by atoms with Crippen LogP contribution in [0.25, 0.3) is 0 Å². The highest BCUT2D eigenvalue weighted by Crippen LogP contribution is 2.15. The highest BCUT2D eigenvalue weighted by molar-refractivity contribution is 5.81. The number of hydrogen-bond acceptors (Lipinski definition) is 3. The normalized spacial score (nSPS) is 22.6. The Balaban J connectivity index is 2.58. The molecule has 0 bridgehead atoms. The lowest BCUT2D eigenvalue weighted by atomic mass is 10.1. The molecule has 1 rings (SSSR count). The molecule has 0 saturated carbocycles. The van der Waals surface area contributed by atoms with Gasteiger partial charge in [-0.1, -0.05) is 0 Å². The standard InChI is InChI=1S/C14H29N3O/c1-5-17(6-2)14(18)12(3)16(4)13-8-7-10-15-11-9-13/h12-13,15H,5-11H2,1-4H3. The Hall–Kier alpha value is -0.610. The molecule has 0 aliphatic carbocycles. The van der Waals surface area contributed by atoms with Gasteiger partial charge in [0.2, 0.25) is 5.91 Å². The van der Waals surface area contributed by atoms with Crippen LogP contribution in [0.4, 0.5) is 0 Å². The van der Waals surface area contributed by atoms with Gasteiger partial charge in [-0.05, 0) is 60.2 Å². The molecule has 2 atom stereocenters. The minimum atomic E-state index is -0.00648. The van der Waals surface area contributed by atoms with E-state index in [0.29, 0.717) is 6.04 Å². The summed E-state index contributed by atoms with van der Waals surface area (Å²) in [6.45, 7) is 9.93. The molecule has 1 saturated heterocycles. The number of nitrogens with one attached hydrogen (secondary N) is 1. The van der Waals surface area contributed by atoms with Crippen LogP contribution in [-0.4, -0.2) is 61.0 Å². The maximum Gasteiger partial charge on any atom is 0.239 e. The van der Waals surface area contributed by atoms with Crippen LogP contribution in [0.3, 0.4) is 0 Å². The van der Waals surface area contributed by atoms with E-state index in [1.165, 1.54) is 12.8 Å². The number of likely N-dealkylation sites (N-methyl/N-ethyl adjacent to an activating group) is 2. The number of carbonyl (C=O) groups is 1. The Bertz CT molecular complexity index is 245. The van der Waals surface area contributed by atoms with Gasteiger partial charge in [0, 0.05) is 19.1 Å². The van der Waals surface area contributed by atoms with Crippen molar-refractivity contribution in [3.63, 3.8) is 0 Å². The van der Waals surface area contributed by atoms with E-state index < -0.39 is 0 Å². The Morgan fingerprint density at radius 3 is 2.56 bits per heavy atom. The highest BCUT2D eigenvalue weighted by Gasteiger charge is 2.27. The van der Waals surface area contributed by atoms with Crippen molar-refractivity contribution in [1.82, 2.24) is 15.1 Å². The van der Waals surface area contributed by atoms with Gasteiger partial charge in [0.05, 0.1) is 6.04 Å². The minimum absolute atomic E-state index is 0.00648. The van der Waals surface area contributed by atoms with Crippen molar-refractivity contribution in [1.29, 1.82) is 0 Å². The molecule has 0 radical (unpaired) electrons. The maximum atomic E-state index is 12.3. The summed E-state index contributed by atoms with van der Waals surface area (Å²) in [5.41, 5.74) is 0. The Morgan fingerprint density at radius 2 is 1.94 bits per heavy atom. The smallest absolute Gasteiger partial charge is 0.239 e. The first kappa shape index (κ1) is 15.4. The number of hydrogen-bond donors (Lipinski definition) is 1. The van der Waals surface area contributed by atoms with Crippen molar-refractivity contribution in [2.75, 3.05) is 33.2 Å². The number of nitrogens with zero attached hydrogens (tertiary/aromatic N) is 2. The summed E-state index contributed by atoms with van der Waals surface area (Å²) in [6.07, 6.45) is 3.55. The third-order valence-corrected chi connectivity index (χ3v) is 4.16. The molecular weight excluding hydrogens is 226 g/mol. The van der Waals surface area contributed by atoms with Gasteiger partial charge in [-0.25, -0.2) is 0 Å². The van der Waals surface area contributed by atoms with Crippen LogP contribution in [0.15, 0.2) is 0 Å². The van der Waals surface area contributed by atoms with Gasteiger partial charge in [0.1, 0.15) is 0 Å². The quantitative estimate of drug-likeness (QED) is 0.805. The van der Waals surface area contributed by atoms with Gasteiger partial charge in [0.15, 0.2) is 0 Å². The van der Waals surface area contributed by atoms with Crippen LogP contribution in [0.1, 0.15) is 40.0 Å². The summed E-state index contributed by atoms with van der Waals surface area (Å²) in [5.74, 6) is 0.264. The predicted octanol–water partition coefficient (Wildman–Crippen LogP) is 1.32. The molecule has 4 nitrogen and oxygen atoms in total. The molecule has 0 aromatic rings. The second-order valence-electron chi connectivity index (χ2n) is 5.19. The van der Waals surface area contributed by atoms with Crippen molar-refractivity contribution >= 4 is 5.91 Å². The summed E-state index contributed by atoms with van der Waals surface area (Å²) in [4.78, 5) is 16.5. The van der Waals surface area contributed by atoms with E-state index in [0.717, 1.165) is 32.6 Å². The lowest BCUT2D eigenvalue weighted by molar-refractivity contribution is -0.136. The molecule has 4 heteroatoms. The molecule has 1 fully saturated rings. The van der Waals surface area contributed by atoms with Crippen molar-refractivity contribution in [3.8, 4) is 0 Å². The molecule has 2 unspecified atom stereocenters. The summed E-state index contributed by atoms with van der Waals surface area (Å²) in [7, 11) is 2.10. The predicted molar refractivity (Wildman–Crippen MR) is 75.7 cm³/mol. The fourth-order valence-electron chi connectivity index (χ4n) is 2.70. The van der Waals surface area contributed by atoms with Crippen LogP contribution < -0.4 is 5.32 Å². The van der Waals surface area contributed by atoms with Crippen LogP contribution in [0.2, 0.25) is 0 Å². The fraction of sp³-hybridized carbons (Fsp3) is 0.929. The Kier molecular flexibility index (Phi) is 6.65. The third kappa shape index (κ3) is 3.95. The number of carbonyl (C=O) groups excluding carboxylic acids is 1. The molecular formula is C14H29N3O. The fourth-order valence-corrected chi connectivity index (χ4v) is 2.70. The number of rotatable bonds is 5. The van der Waals surface area contributed by atoms with Crippen LogP contribution >= 0.6 is 0 Å². The van der Waals surface area contributed by atoms with Crippen LogP contribution in [-0.2, 0) is 4.79 Å². The lowest BCUT2D eigenvalue weighted by Crippen LogP contribution is -2.49. The first-order chi connectivity index (χ1) is 8.61. The Morgan fingerprint density at radius 1 is 1.28 bits per heavy atom. The van der Waals surface area contributed by atoms with Crippen LogP contribution in [0.5, 0.6) is 0 Å². The van der Waals surface area contributed by atoms with E-state index in [9.17, 15) is 4.79 Å². The van der Waals surface area contributed by atoms with E-state index in [4.69, 9.17) is 0 Å². The molecule has 0 spiro atoms. The molecule has 0 aromatic heterocycles. The van der Waals surface area contributed by atoms with E-state index in [-0.39, 0.29) is 11.9 Å². The lowest BCUT2D eigenvalue weighted by Gasteiger charge is -2.34. The minimum Gasteiger partial charge on any atom is -0.342 e. The van der Waals surface area contributed by atoms with E-state index in [2.05, 4.69) is 17.3 Å². The average molecular weight is 255 g/mol. The first-order valence-corrected chi connectivity index (χ1v) is 7.33. The molecule has 1 N–H and O–H groups in total. The second kappa shape index (κ2) is 7.74. The van der Waals surface area contributed by atoms with E-state index in [1.54, 1.807) is 0 Å². The van der Waals surface area contributed by atoms with Gasteiger partial charge >= 0.3 is 0 Å². The molecule has 1 heterocycles. The molecule has 1 aliphatic rings. The molecule has 1 amide bonds. The van der Waals surface area contributed by atoms with Gasteiger partial charge in [-0.15, -0.1) is 0 Å². The zero-order valence-electron chi connectivity index (χ0n) is 12.4. The van der Waals surface area contributed by atoms with Crippen molar-refractivity contribution in [3.05, 3.63) is 0 Å². The van der Waals surface area contributed by atoms with Gasteiger partial charge in [0.25, 0.3) is 0 Å². The topological polar surface area (TPSA) is 35.6 Å². The molecule has 1 aliphatic heterocycles. The average Bonchev–Trinajstić information content (AvgIpc) is 2.67. The number of amides is 1. The molecule has 106 valence electrons. The van der Waals surface area contributed by atoms with Gasteiger partial charge in [-0.2, -0.15) is 0 Å². The zero-order chi connectivity index (χ0) is 13.5. The summed E-state index contributed by atoms with van der Waals surface area (Å²) in [5, 5.41) is 3.42. The van der Waals surface area contributed by atoms with Gasteiger partial charge < -0.3 is 10.2 Å². The van der Waals surface area contributed by atoms with Crippen molar-refractivity contribution in [2.24, 2.45) is 0 Å². The zero-order valence-corrected chi connectivity index (χ0v) is 12.4. The largest absolute Gasteiger partial charge is 0.342 e. The molecule has 18 heavy (non-hydrogen) atoms.